The summed E-state index contributed by atoms with van der Waals surface area (Å²) in [4.78, 5) is 2.53. The second-order valence-electron chi connectivity index (χ2n) is 4.97. The Morgan fingerprint density at radius 3 is 2.56 bits per heavy atom. The van der Waals surface area contributed by atoms with Crippen LogP contribution in [-0.4, -0.2) is 34.7 Å². The average molecular weight is 268 g/mol. The molecule has 0 saturated carbocycles. The van der Waals surface area contributed by atoms with Gasteiger partial charge in [-0.2, -0.15) is 0 Å². The van der Waals surface area contributed by atoms with Crippen LogP contribution in [0.5, 0.6) is 0 Å². The topological polar surface area (TPSA) is 41.1 Å². The fourth-order valence-electron chi connectivity index (χ4n) is 2.28. The number of hydrogen-bond acceptors (Lipinski definition) is 5. The van der Waals surface area contributed by atoms with Crippen molar-refractivity contribution < 1.29 is 0 Å². The van der Waals surface area contributed by atoms with Crippen molar-refractivity contribution in [2.75, 3.05) is 25.0 Å². The molecular weight excluding hydrogens is 244 g/mol. The summed E-state index contributed by atoms with van der Waals surface area (Å²) in [6.45, 7) is 6.56. The minimum absolute atomic E-state index is 0.971. The summed E-state index contributed by atoms with van der Waals surface area (Å²) in [6.07, 6.45) is 7.98. The fraction of sp³-hybridized carbons (Fsp3) is 0.846. The molecule has 0 unspecified atom stereocenters. The highest BCUT2D eigenvalue weighted by molar-refractivity contribution is 7.15. The van der Waals surface area contributed by atoms with Crippen LogP contribution in [0.1, 0.15) is 50.5 Å². The normalized spacial score (nSPS) is 18.3. The molecule has 0 aromatic carbocycles. The smallest absolute Gasteiger partial charge is 0.205 e. The molecule has 0 aliphatic carbocycles. The van der Waals surface area contributed by atoms with Gasteiger partial charge in [0, 0.05) is 6.54 Å². The zero-order chi connectivity index (χ0) is 12.6. The summed E-state index contributed by atoms with van der Waals surface area (Å²) in [5.41, 5.74) is 0. The van der Waals surface area contributed by atoms with Gasteiger partial charge >= 0.3 is 0 Å². The lowest BCUT2D eigenvalue weighted by Crippen LogP contribution is -2.26. The van der Waals surface area contributed by atoms with E-state index in [1.807, 2.05) is 0 Å². The van der Waals surface area contributed by atoms with Crippen molar-refractivity contribution >= 4 is 16.5 Å². The highest BCUT2D eigenvalue weighted by Crippen LogP contribution is 2.18. The predicted molar refractivity (Wildman–Crippen MR) is 77.1 cm³/mol. The maximum absolute atomic E-state index is 4.28. The van der Waals surface area contributed by atoms with Crippen molar-refractivity contribution in [2.24, 2.45) is 0 Å². The molecular formula is C13H24N4S. The third-order valence-corrected chi connectivity index (χ3v) is 4.17. The van der Waals surface area contributed by atoms with Crippen LogP contribution < -0.4 is 5.32 Å². The highest BCUT2D eigenvalue weighted by Gasteiger charge is 2.11. The SMILES string of the molecule is CCCNc1nnc(CN2CCCCCCC2)s1. The summed E-state index contributed by atoms with van der Waals surface area (Å²) in [5, 5.41) is 13.9. The molecule has 1 aromatic heterocycles. The Bertz CT molecular complexity index is 331. The van der Waals surface area contributed by atoms with Crippen LogP contribution in [0.2, 0.25) is 0 Å². The number of aromatic nitrogens is 2. The van der Waals surface area contributed by atoms with E-state index in [9.17, 15) is 0 Å². The lowest BCUT2D eigenvalue weighted by atomic mass is 10.1. The van der Waals surface area contributed by atoms with Crippen LogP contribution in [0.3, 0.4) is 0 Å². The number of nitrogens with one attached hydrogen (secondary N) is 1. The van der Waals surface area contributed by atoms with Gasteiger partial charge in [0.2, 0.25) is 5.13 Å². The second-order valence-corrected chi connectivity index (χ2v) is 6.03. The molecule has 1 aromatic rings. The minimum Gasteiger partial charge on any atom is -0.360 e. The number of nitrogens with zero attached hydrogens (tertiary/aromatic N) is 3. The summed E-state index contributed by atoms with van der Waals surface area (Å²) >= 11 is 1.70. The lowest BCUT2D eigenvalue weighted by Gasteiger charge is -2.22. The average Bonchev–Trinajstić information content (AvgIpc) is 2.77. The maximum Gasteiger partial charge on any atom is 0.205 e. The summed E-state index contributed by atoms with van der Waals surface area (Å²) in [6, 6.07) is 0. The summed E-state index contributed by atoms with van der Waals surface area (Å²) in [7, 11) is 0. The quantitative estimate of drug-likeness (QED) is 0.891. The van der Waals surface area contributed by atoms with Crippen LogP contribution in [0.25, 0.3) is 0 Å². The molecule has 1 aliphatic rings. The number of anilines is 1. The summed E-state index contributed by atoms with van der Waals surface area (Å²) < 4.78 is 0. The first-order chi connectivity index (χ1) is 8.88. The van der Waals surface area contributed by atoms with E-state index in [0.717, 1.165) is 29.6 Å². The Hall–Kier alpha value is -0.680. The Morgan fingerprint density at radius 1 is 1.11 bits per heavy atom. The van der Waals surface area contributed by atoms with E-state index in [1.54, 1.807) is 11.3 Å². The molecule has 0 bridgehead atoms. The second kappa shape index (κ2) is 7.69. The van der Waals surface area contributed by atoms with Crippen molar-refractivity contribution in [1.82, 2.24) is 15.1 Å². The van der Waals surface area contributed by atoms with Gasteiger partial charge in [0.25, 0.3) is 0 Å². The molecule has 5 heteroatoms. The van der Waals surface area contributed by atoms with E-state index in [0.29, 0.717) is 0 Å². The minimum atomic E-state index is 0.971. The van der Waals surface area contributed by atoms with Crippen LogP contribution in [0, 0.1) is 0 Å². The Kier molecular flexibility index (Phi) is 5.87. The van der Waals surface area contributed by atoms with Gasteiger partial charge in [-0.1, -0.05) is 37.5 Å². The molecule has 1 fully saturated rings. The van der Waals surface area contributed by atoms with Gasteiger partial charge in [-0.25, -0.2) is 0 Å². The lowest BCUT2D eigenvalue weighted by molar-refractivity contribution is 0.239. The molecule has 102 valence electrons. The largest absolute Gasteiger partial charge is 0.360 e. The van der Waals surface area contributed by atoms with Gasteiger partial charge in [-0.15, -0.1) is 10.2 Å². The molecule has 4 nitrogen and oxygen atoms in total. The first kappa shape index (κ1) is 13.7. The van der Waals surface area contributed by atoms with Crippen molar-refractivity contribution in [1.29, 1.82) is 0 Å². The third-order valence-electron chi connectivity index (χ3n) is 3.30. The number of hydrogen-bond donors (Lipinski definition) is 1. The van der Waals surface area contributed by atoms with Gasteiger partial charge in [0.05, 0.1) is 6.54 Å². The zero-order valence-corrected chi connectivity index (χ0v) is 12.1. The Balaban J connectivity index is 1.81. The number of likely N-dealkylation sites (tertiary alicyclic amines) is 1. The molecule has 0 atom stereocenters. The first-order valence-electron chi connectivity index (χ1n) is 7.17. The van der Waals surface area contributed by atoms with E-state index in [4.69, 9.17) is 0 Å². The summed E-state index contributed by atoms with van der Waals surface area (Å²) in [5.74, 6) is 0. The number of rotatable bonds is 5. The Morgan fingerprint density at radius 2 is 1.83 bits per heavy atom. The molecule has 0 radical (unpaired) electrons. The van der Waals surface area contributed by atoms with Crippen molar-refractivity contribution in [3.8, 4) is 0 Å². The molecule has 18 heavy (non-hydrogen) atoms. The molecule has 0 spiro atoms. The zero-order valence-electron chi connectivity index (χ0n) is 11.3. The van der Waals surface area contributed by atoms with E-state index < -0.39 is 0 Å². The molecule has 1 N–H and O–H groups in total. The molecule has 2 heterocycles. The van der Waals surface area contributed by atoms with Crippen LogP contribution >= 0.6 is 11.3 Å². The van der Waals surface area contributed by atoms with E-state index >= 15 is 0 Å². The van der Waals surface area contributed by atoms with Crippen molar-refractivity contribution in [2.45, 2.75) is 52.0 Å². The van der Waals surface area contributed by atoms with E-state index in [1.165, 1.54) is 45.2 Å². The van der Waals surface area contributed by atoms with E-state index in [-0.39, 0.29) is 0 Å². The predicted octanol–water partition coefficient (Wildman–Crippen LogP) is 3.13. The molecule has 1 aliphatic heterocycles. The highest BCUT2D eigenvalue weighted by atomic mass is 32.1. The van der Waals surface area contributed by atoms with Gasteiger partial charge in [-0.05, 0) is 32.4 Å². The third kappa shape index (κ3) is 4.53. The first-order valence-corrected chi connectivity index (χ1v) is 7.98. The molecule has 0 amide bonds. The van der Waals surface area contributed by atoms with Gasteiger partial charge < -0.3 is 5.32 Å². The van der Waals surface area contributed by atoms with Crippen LogP contribution in [-0.2, 0) is 6.54 Å². The van der Waals surface area contributed by atoms with E-state index in [2.05, 4.69) is 27.3 Å². The van der Waals surface area contributed by atoms with Crippen LogP contribution in [0.4, 0.5) is 5.13 Å². The van der Waals surface area contributed by atoms with Crippen molar-refractivity contribution in [3.63, 3.8) is 0 Å². The monoisotopic (exact) mass is 268 g/mol. The maximum atomic E-state index is 4.28. The standard InChI is InChI=1S/C13H24N4S/c1-2-8-14-13-16-15-12(18-13)11-17-9-6-4-3-5-7-10-17/h2-11H2,1H3,(H,14,16). The molecule has 2 rings (SSSR count). The van der Waals surface area contributed by atoms with Crippen molar-refractivity contribution in [3.05, 3.63) is 5.01 Å². The van der Waals surface area contributed by atoms with Gasteiger partial charge in [-0.3, -0.25) is 4.90 Å². The van der Waals surface area contributed by atoms with Gasteiger partial charge in [0.1, 0.15) is 5.01 Å². The van der Waals surface area contributed by atoms with Gasteiger partial charge in [0.15, 0.2) is 0 Å². The molecule has 1 saturated heterocycles. The fourth-order valence-corrected chi connectivity index (χ4v) is 3.09. The van der Waals surface area contributed by atoms with Crippen LogP contribution in [0.15, 0.2) is 0 Å². The Labute approximate surface area is 114 Å².